The number of rotatable bonds is 5. The van der Waals surface area contributed by atoms with Gasteiger partial charge >= 0.3 is 0 Å². The number of carbonyl (C=O) groups excluding carboxylic acids is 1. The highest BCUT2D eigenvalue weighted by atomic mass is 19.1. The van der Waals surface area contributed by atoms with Gasteiger partial charge in [-0.2, -0.15) is 0 Å². The number of hydrogen-bond donors (Lipinski definition) is 2. The number of aryl methyl sites for hydroxylation is 1. The summed E-state index contributed by atoms with van der Waals surface area (Å²) in [5, 5.41) is 5.94. The highest BCUT2D eigenvalue weighted by Gasteiger charge is 2.07. The molecule has 0 saturated heterocycles. The third-order valence-corrected chi connectivity index (χ3v) is 3.44. The summed E-state index contributed by atoms with van der Waals surface area (Å²) in [5.41, 5.74) is 2.05. The average molecular weight is 313 g/mol. The summed E-state index contributed by atoms with van der Waals surface area (Å²) < 4.78 is 14.9. The number of nitrogens with zero attached hydrogens (tertiary/aromatic N) is 3. The second-order valence-electron chi connectivity index (χ2n) is 5.13. The molecule has 2 aromatic heterocycles. The van der Waals surface area contributed by atoms with E-state index in [0.717, 1.165) is 11.5 Å². The fraction of sp³-hybridized carbons (Fsp3) is 0.188. The van der Waals surface area contributed by atoms with Crippen LogP contribution in [0.4, 0.5) is 15.9 Å². The maximum absolute atomic E-state index is 13.0. The topological polar surface area (TPSA) is 71.3 Å². The summed E-state index contributed by atoms with van der Waals surface area (Å²) in [5.74, 6) is 0.347. The lowest BCUT2D eigenvalue weighted by Crippen LogP contribution is -2.17. The summed E-state index contributed by atoms with van der Waals surface area (Å²) in [6, 6.07) is 4.28. The molecule has 0 saturated carbocycles. The van der Waals surface area contributed by atoms with Gasteiger partial charge in [0.2, 0.25) is 5.91 Å². The number of carbonyl (C=O) groups is 1. The van der Waals surface area contributed by atoms with Crippen molar-refractivity contribution in [1.29, 1.82) is 0 Å². The minimum Gasteiger partial charge on any atom is -0.369 e. The number of aromatic nitrogens is 3. The van der Waals surface area contributed by atoms with Crippen molar-refractivity contribution in [3.63, 3.8) is 0 Å². The van der Waals surface area contributed by atoms with Crippen molar-refractivity contribution >= 4 is 23.1 Å². The second-order valence-corrected chi connectivity index (χ2v) is 5.13. The first-order chi connectivity index (χ1) is 11.1. The number of benzene rings is 1. The summed E-state index contributed by atoms with van der Waals surface area (Å²) in [7, 11) is 0. The van der Waals surface area contributed by atoms with E-state index in [1.54, 1.807) is 37.8 Å². The zero-order chi connectivity index (χ0) is 16.2. The second kappa shape index (κ2) is 6.43. The summed E-state index contributed by atoms with van der Waals surface area (Å²) in [6.45, 7) is 2.21. The minimum atomic E-state index is -0.315. The lowest BCUT2D eigenvalue weighted by Gasteiger charge is -2.09. The van der Waals surface area contributed by atoms with Gasteiger partial charge in [0.15, 0.2) is 5.65 Å². The third kappa shape index (κ3) is 3.45. The van der Waals surface area contributed by atoms with Crippen LogP contribution in [0.15, 0.2) is 43.0 Å². The van der Waals surface area contributed by atoms with Crippen LogP contribution >= 0.6 is 0 Å². The Morgan fingerprint density at radius 2 is 2.22 bits per heavy atom. The Balaban J connectivity index is 1.55. The van der Waals surface area contributed by atoms with Gasteiger partial charge in [-0.05, 0) is 30.7 Å². The van der Waals surface area contributed by atoms with E-state index in [4.69, 9.17) is 0 Å². The molecule has 0 atom stereocenters. The third-order valence-electron chi connectivity index (χ3n) is 3.44. The van der Waals surface area contributed by atoms with E-state index in [9.17, 15) is 9.18 Å². The lowest BCUT2D eigenvalue weighted by molar-refractivity contribution is -0.115. The zero-order valence-corrected chi connectivity index (χ0v) is 12.6. The lowest BCUT2D eigenvalue weighted by atomic mass is 10.2. The van der Waals surface area contributed by atoms with Crippen LogP contribution in [-0.2, 0) is 4.79 Å². The normalized spacial score (nSPS) is 10.7. The van der Waals surface area contributed by atoms with Crippen LogP contribution < -0.4 is 10.6 Å². The van der Waals surface area contributed by atoms with Crippen molar-refractivity contribution in [3.05, 3.63) is 54.4 Å². The highest BCUT2D eigenvalue weighted by Crippen LogP contribution is 2.16. The molecule has 1 aromatic carbocycles. The molecule has 0 spiro atoms. The van der Waals surface area contributed by atoms with Crippen molar-refractivity contribution in [2.24, 2.45) is 0 Å². The highest BCUT2D eigenvalue weighted by molar-refractivity contribution is 5.91. The van der Waals surface area contributed by atoms with Crippen LogP contribution in [0.1, 0.15) is 12.0 Å². The Hall–Kier alpha value is -2.96. The molecule has 0 unspecified atom stereocenters. The maximum atomic E-state index is 13.0. The van der Waals surface area contributed by atoms with Crippen molar-refractivity contribution in [2.45, 2.75) is 13.3 Å². The van der Waals surface area contributed by atoms with Gasteiger partial charge in [-0.15, -0.1) is 0 Å². The molecule has 7 heteroatoms. The molecule has 23 heavy (non-hydrogen) atoms. The van der Waals surface area contributed by atoms with Gasteiger partial charge in [-0.3, -0.25) is 14.2 Å². The fourth-order valence-electron chi connectivity index (χ4n) is 2.26. The number of nitrogens with one attached hydrogen (secondary N) is 2. The van der Waals surface area contributed by atoms with Gasteiger partial charge in [0.25, 0.3) is 0 Å². The first-order valence-electron chi connectivity index (χ1n) is 7.20. The van der Waals surface area contributed by atoms with Crippen molar-refractivity contribution in [2.75, 3.05) is 17.2 Å². The Bertz CT molecular complexity index is 845. The van der Waals surface area contributed by atoms with Gasteiger partial charge in [-0.1, -0.05) is 0 Å². The Morgan fingerprint density at radius 1 is 1.35 bits per heavy atom. The number of halogens is 1. The molecule has 3 rings (SSSR count). The van der Waals surface area contributed by atoms with Crippen molar-refractivity contribution in [3.8, 4) is 0 Å². The van der Waals surface area contributed by atoms with E-state index in [1.165, 1.54) is 12.1 Å². The Kier molecular flexibility index (Phi) is 4.18. The van der Waals surface area contributed by atoms with E-state index in [0.29, 0.717) is 17.8 Å². The van der Waals surface area contributed by atoms with Crippen molar-refractivity contribution in [1.82, 2.24) is 14.4 Å². The predicted octanol–water partition coefficient (Wildman–Crippen LogP) is 2.62. The molecule has 118 valence electrons. The van der Waals surface area contributed by atoms with Crippen LogP contribution in [-0.4, -0.2) is 26.8 Å². The monoisotopic (exact) mass is 313 g/mol. The molecule has 0 aliphatic carbocycles. The molecule has 2 heterocycles. The molecule has 0 fully saturated rings. The zero-order valence-electron chi connectivity index (χ0n) is 12.6. The van der Waals surface area contributed by atoms with E-state index in [1.807, 2.05) is 4.40 Å². The summed E-state index contributed by atoms with van der Waals surface area (Å²) in [6.07, 6.45) is 7.11. The molecule has 2 N–H and O–H groups in total. The van der Waals surface area contributed by atoms with Crippen LogP contribution in [0.3, 0.4) is 0 Å². The summed E-state index contributed by atoms with van der Waals surface area (Å²) in [4.78, 5) is 20.2. The Labute approximate surface area is 132 Å². The number of fused-ring (bicyclic) bond motifs is 1. The van der Waals surface area contributed by atoms with Gasteiger partial charge in [0.1, 0.15) is 11.6 Å². The van der Waals surface area contributed by atoms with E-state index in [2.05, 4.69) is 20.6 Å². The first-order valence-corrected chi connectivity index (χ1v) is 7.20. The van der Waals surface area contributed by atoms with Crippen LogP contribution in [0.2, 0.25) is 0 Å². The van der Waals surface area contributed by atoms with Gasteiger partial charge in [-0.25, -0.2) is 9.37 Å². The molecular formula is C16H16FN5O. The van der Waals surface area contributed by atoms with E-state index >= 15 is 0 Å². The molecule has 0 radical (unpaired) electrons. The van der Waals surface area contributed by atoms with Crippen LogP contribution in [0, 0.1) is 12.7 Å². The van der Waals surface area contributed by atoms with Gasteiger partial charge in [0.05, 0.1) is 12.4 Å². The van der Waals surface area contributed by atoms with E-state index < -0.39 is 0 Å². The SMILES string of the molecule is Cc1cc(F)ccc1NC(=O)CCNc1cnc2cnccn12. The van der Waals surface area contributed by atoms with Crippen LogP contribution in [0.25, 0.3) is 5.65 Å². The Morgan fingerprint density at radius 3 is 3.04 bits per heavy atom. The predicted molar refractivity (Wildman–Crippen MR) is 85.9 cm³/mol. The molecule has 6 nitrogen and oxygen atoms in total. The van der Waals surface area contributed by atoms with Gasteiger partial charge < -0.3 is 10.6 Å². The number of hydrogen-bond acceptors (Lipinski definition) is 4. The minimum absolute atomic E-state index is 0.136. The molecule has 3 aromatic rings. The molecule has 0 aliphatic rings. The van der Waals surface area contributed by atoms with Crippen molar-refractivity contribution < 1.29 is 9.18 Å². The standard InChI is InChI=1S/C16H16FN5O/c1-11-8-12(17)2-3-13(11)21-16(23)4-5-19-15-10-20-14-9-18-6-7-22(14)15/h2-3,6-10,19H,4-5H2,1H3,(H,21,23). The van der Waals surface area contributed by atoms with Crippen LogP contribution in [0.5, 0.6) is 0 Å². The molecular weight excluding hydrogens is 297 g/mol. The molecule has 1 amide bonds. The van der Waals surface area contributed by atoms with Gasteiger partial charge in [0, 0.05) is 31.0 Å². The fourth-order valence-corrected chi connectivity index (χ4v) is 2.26. The average Bonchev–Trinajstić information content (AvgIpc) is 2.94. The number of anilines is 2. The number of amides is 1. The molecule has 0 aliphatic heterocycles. The smallest absolute Gasteiger partial charge is 0.226 e. The van der Waals surface area contributed by atoms with E-state index in [-0.39, 0.29) is 18.1 Å². The molecule has 0 bridgehead atoms. The number of imidazole rings is 1. The first kappa shape index (κ1) is 15.0. The quantitative estimate of drug-likeness (QED) is 0.759. The largest absolute Gasteiger partial charge is 0.369 e. The summed E-state index contributed by atoms with van der Waals surface area (Å²) >= 11 is 0. The maximum Gasteiger partial charge on any atom is 0.226 e.